The minimum absolute atomic E-state index is 0.000145. The molecule has 0 spiro atoms. The molecule has 0 radical (unpaired) electrons. The van der Waals surface area contributed by atoms with Gasteiger partial charge in [-0.1, -0.05) is 116 Å². The SMILES string of the molecule is CCCCCNc1ncnc2c1ncn2[C@@H]1O[C@H](COC(c2ccccc2)(c2ccc(OC)cc2)c2ccc(OC)cc2)[C@@H](O)[C@H]1OCO[Si](C(C)C)(C(C)C)C(C)C. The summed E-state index contributed by atoms with van der Waals surface area (Å²) in [6.07, 6.45) is 2.88. The standard InChI is InChI=1S/C46H63N5O7Si/c1-10-11-15-26-47-43-40-44(49-28-48-43)51(29-50-40)45-42(55-30-57-59(31(2)3,32(4)5)33(6)7)41(52)39(58-45)27-56-46(34-16-13-12-14-17-34,35-18-22-37(53-8)23-19-35)36-20-24-38(54-9)25-21-36/h12-14,16-25,28-29,31-33,39,41-42,45,52H,10-11,15,26-27,30H2,1-9H3,(H,47,48,49)/t39-,41-,42-,45-/m1/s1. The number of anilines is 1. The number of nitrogens with one attached hydrogen (secondary N) is 1. The number of unbranched alkanes of at least 4 members (excludes halogenated alkanes) is 2. The molecule has 2 aromatic heterocycles. The van der Waals surface area contributed by atoms with Crippen molar-refractivity contribution in [3.8, 4) is 11.5 Å². The summed E-state index contributed by atoms with van der Waals surface area (Å²) in [4.78, 5) is 13.9. The van der Waals surface area contributed by atoms with Gasteiger partial charge in [0.25, 0.3) is 0 Å². The molecule has 3 heterocycles. The Labute approximate surface area is 350 Å². The quantitative estimate of drug-likeness (QED) is 0.0318. The summed E-state index contributed by atoms with van der Waals surface area (Å²) < 4.78 is 40.5. The number of aliphatic hydroxyl groups is 1. The lowest BCUT2D eigenvalue weighted by Crippen LogP contribution is -2.49. The van der Waals surface area contributed by atoms with Crippen LogP contribution >= 0.6 is 0 Å². The normalized spacial score (nSPS) is 18.7. The summed E-state index contributed by atoms with van der Waals surface area (Å²) in [5.74, 6) is 2.10. The number of nitrogens with zero attached hydrogens (tertiary/aromatic N) is 4. The van der Waals surface area contributed by atoms with E-state index in [2.05, 4.69) is 63.8 Å². The molecule has 2 N–H and O–H groups in total. The second-order valence-corrected chi connectivity index (χ2v) is 21.7. The molecule has 0 amide bonds. The van der Waals surface area contributed by atoms with E-state index in [1.807, 2.05) is 83.4 Å². The molecule has 59 heavy (non-hydrogen) atoms. The van der Waals surface area contributed by atoms with E-state index in [1.54, 1.807) is 20.5 Å². The predicted octanol–water partition coefficient (Wildman–Crippen LogP) is 9.25. The second kappa shape index (κ2) is 19.8. The van der Waals surface area contributed by atoms with E-state index in [0.29, 0.717) is 33.6 Å². The van der Waals surface area contributed by atoms with Gasteiger partial charge in [-0.3, -0.25) is 4.57 Å². The molecule has 318 valence electrons. The van der Waals surface area contributed by atoms with Gasteiger partial charge in [-0.05, 0) is 64.0 Å². The Morgan fingerprint density at radius 2 is 1.39 bits per heavy atom. The lowest BCUT2D eigenvalue weighted by atomic mass is 9.80. The van der Waals surface area contributed by atoms with Gasteiger partial charge in [0.05, 0.1) is 27.2 Å². The topological polar surface area (TPSA) is 131 Å². The van der Waals surface area contributed by atoms with Crippen molar-refractivity contribution in [2.24, 2.45) is 0 Å². The molecule has 5 aromatic rings. The smallest absolute Gasteiger partial charge is 0.203 e. The van der Waals surface area contributed by atoms with E-state index in [9.17, 15) is 5.11 Å². The van der Waals surface area contributed by atoms with Crippen molar-refractivity contribution >= 4 is 25.3 Å². The maximum absolute atomic E-state index is 12.3. The fraction of sp³-hybridized carbons (Fsp3) is 0.500. The summed E-state index contributed by atoms with van der Waals surface area (Å²) in [7, 11) is 0.995. The molecule has 12 nitrogen and oxygen atoms in total. The first kappa shape index (κ1) is 44.2. The van der Waals surface area contributed by atoms with Crippen LogP contribution in [-0.2, 0) is 24.2 Å². The first-order valence-electron chi connectivity index (χ1n) is 21.0. The first-order valence-corrected chi connectivity index (χ1v) is 23.1. The zero-order valence-corrected chi connectivity index (χ0v) is 37.1. The first-order chi connectivity index (χ1) is 28.5. The summed E-state index contributed by atoms with van der Waals surface area (Å²) in [5, 5.41) is 15.8. The van der Waals surface area contributed by atoms with Crippen LogP contribution in [0.25, 0.3) is 11.2 Å². The van der Waals surface area contributed by atoms with Gasteiger partial charge < -0.3 is 38.5 Å². The van der Waals surface area contributed by atoms with Crippen molar-refractivity contribution in [2.45, 2.75) is 114 Å². The highest BCUT2D eigenvalue weighted by Gasteiger charge is 2.50. The van der Waals surface area contributed by atoms with Crippen molar-refractivity contribution in [1.29, 1.82) is 0 Å². The van der Waals surface area contributed by atoms with Crippen LogP contribution < -0.4 is 14.8 Å². The summed E-state index contributed by atoms with van der Waals surface area (Å²) in [5.41, 5.74) is 3.76. The van der Waals surface area contributed by atoms with Crippen LogP contribution in [0.4, 0.5) is 5.82 Å². The van der Waals surface area contributed by atoms with Crippen LogP contribution in [-0.4, -0.2) is 85.4 Å². The summed E-state index contributed by atoms with van der Waals surface area (Å²) in [6, 6.07) is 25.8. The molecule has 1 aliphatic rings. The fourth-order valence-corrected chi connectivity index (χ4v) is 14.3. The van der Waals surface area contributed by atoms with Crippen LogP contribution in [0.3, 0.4) is 0 Å². The van der Waals surface area contributed by atoms with E-state index in [-0.39, 0.29) is 13.4 Å². The molecule has 13 heteroatoms. The third kappa shape index (κ3) is 9.06. The van der Waals surface area contributed by atoms with Crippen molar-refractivity contribution in [3.63, 3.8) is 0 Å². The van der Waals surface area contributed by atoms with Gasteiger partial charge in [0.15, 0.2) is 23.2 Å². The molecule has 4 atom stereocenters. The van der Waals surface area contributed by atoms with E-state index in [1.165, 1.54) is 6.33 Å². The number of hydrogen-bond donors (Lipinski definition) is 2. The number of ether oxygens (including phenoxy) is 5. The summed E-state index contributed by atoms with van der Waals surface area (Å²) >= 11 is 0. The molecular weight excluding hydrogens is 763 g/mol. The molecule has 0 bridgehead atoms. The highest BCUT2D eigenvalue weighted by molar-refractivity contribution is 6.77. The zero-order chi connectivity index (χ0) is 42.2. The maximum atomic E-state index is 12.3. The number of hydrogen-bond acceptors (Lipinski definition) is 11. The Kier molecular flexibility index (Phi) is 14.8. The van der Waals surface area contributed by atoms with E-state index >= 15 is 0 Å². The average Bonchev–Trinajstić information content (AvgIpc) is 3.82. The molecule has 6 rings (SSSR count). The van der Waals surface area contributed by atoms with Crippen LogP contribution in [0.5, 0.6) is 11.5 Å². The molecule has 1 saturated heterocycles. The van der Waals surface area contributed by atoms with E-state index < -0.39 is 38.5 Å². The minimum Gasteiger partial charge on any atom is -0.497 e. The van der Waals surface area contributed by atoms with Gasteiger partial charge >= 0.3 is 0 Å². The average molecular weight is 826 g/mol. The maximum Gasteiger partial charge on any atom is 0.203 e. The third-order valence-corrected chi connectivity index (χ3v) is 18.0. The molecule has 1 fully saturated rings. The highest BCUT2D eigenvalue weighted by Crippen LogP contribution is 2.45. The van der Waals surface area contributed by atoms with E-state index in [0.717, 1.165) is 54.0 Å². The Morgan fingerprint density at radius 1 is 0.797 bits per heavy atom. The van der Waals surface area contributed by atoms with Gasteiger partial charge in [0, 0.05) is 6.54 Å². The Balaban J connectivity index is 1.38. The number of aromatic nitrogens is 4. The van der Waals surface area contributed by atoms with Crippen molar-refractivity contribution in [3.05, 3.63) is 108 Å². The molecule has 0 aliphatic carbocycles. The molecule has 3 aromatic carbocycles. The summed E-state index contributed by atoms with van der Waals surface area (Å²) in [6.45, 7) is 16.4. The predicted molar refractivity (Wildman–Crippen MR) is 233 cm³/mol. The van der Waals surface area contributed by atoms with Crippen molar-refractivity contribution in [2.75, 3.05) is 39.5 Å². The van der Waals surface area contributed by atoms with Gasteiger partial charge in [0.2, 0.25) is 8.32 Å². The molecular formula is C46H63N5O7Si. The van der Waals surface area contributed by atoms with Crippen LogP contribution in [0, 0.1) is 0 Å². The fourth-order valence-electron chi connectivity index (χ4n) is 9.01. The van der Waals surface area contributed by atoms with Crippen molar-refractivity contribution < 1.29 is 33.2 Å². The Morgan fingerprint density at radius 3 is 1.95 bits per heavy atom. The number of imidazole rings is 1. The monoisotopic (exact) mass is 825 g/mol. The van der Waals surface area contributed by atoms with Gasteiger partial charge in [-0.2, -0.15) is 0 Å². The Bertz CT molecular complexity index is 1980. The van der Waals surface area contributed by atoms with Crippen LogP contribution in [0.15, 0.2) is 91.5 Å². The van der Waals surface area contributed by atoms with E-state index in [4.69, 9.17) is 33.1 Å². The zero-order valence-electron chi connectivity index (χ0n) is 36.1. The van der Waals surface area contributed by atoms with Crippen molar-refractivity contribution in [1.82, 2.24) is 19.5 Å². The number of aliphatic hydroxyl groups excluding tert-OH is 1. The number of benzene rings is 3. The number of methoxy groups -OCH3 is 2. The van der Waals surface area contributed by atoms with Gasteiger partial charge in [-0.15, -0.1) is 0 Å². The van der Waals surface area contributed by atoms with Gasteiger partial charge in [0.1, 0.15) is 48.5 Å². The molecule has 1 aliphatic heterocycles. The molecule has 0 saturated carbocycles. The minimum atomic E-state index is -2.30. The number of rotatable bonds is 21. The highest BCUT2D eigenvalue weighted by atomic mass is 28.4. The van der Waals surface area contributed by atoms with Crippen LogP contribution in [0.2, 0.25) is 16.6 Å². The van der Waals surface area contributed by atoms with Gasteiger partial charge in [-0.25, -0.2) is 15.0 Å². The third-order valence-electron chi connectivity index (χ3n) is 11.9. The number of fused-ring (bicyclic) bond motifs is 1. The molecule has 0 unspecified atom stereocenters. The lowest BCUT2D eigenvalue weighted by molar-refractivity contribution is -0.114. The van der Waals surface area contributed by atoms with Crippen LogP contribution in [0.1, 0.15) is 90.6 Å². The Hall–Kier alpha value is -4.37. The second-order valence-electron chi connectivity index (χ2n) is 16.3. The lowest BCUT2D eigenvalue weighted by Gasteiger charge is -2.42. The largest absolute Gasteiger partial charge is 0.497 e.